The van der Waals surface area contributed by atoms with Crippen LogP contribution < -0.4 is 5.32 Å². The van der Waals surface area contributed by atoms with Gasteiger partial charge in [0.15, 0.2) is 0 Å². The summed E-state index contributed by atoms with van der Waals surface area (Å²) in [6.45, 7) is 0.844. The summed E-state index contributed by atoms with van der Waals surface area (Å²) in [5.41, 5.74) is 2.22. The van der Waals surface area contributed by atoms with Crippen LogP contribution in [0, 0.1) is 5.41 Å². The van der Waals surface area contributed by atoms with Crippen molar-refractivity contribution < 1.29 is 4.79 Å². The van der Waals surface area contributed by atoms with E-state index in [1.807, 2.05) is 23.1 Å². The van der Waals surface area contributed by atoms with Gasteiger partial charge in [-0.2, -0.15) is 10.2 Å². The van der Waals surface area contributed by atoms with Crippen LogP contribution in [0.3, 0.4) is 0 Å². The molecule has 1 atom stereocenters. The van der Waals surface area contributed by atoms with Gasteiger partial charge in [-0.3, -0.25) is 0 Å². The Labute approximate surface area is 129 Å². The monoisotopic (exact) mass is 294 g/mol. The number of rotatable bonds is 2. The molecule has 2 aromatic rings. The summed E-state index contributed by atoms with van der Waals surface area (Å²) in [6.07, 6.45) is 6.84. The van der Waals surface area contributed by atoms with E-state index in [9.17, 15) is 4.79 Å². The Bertz CT molecular complexity index is 670. The minimum absolute atomic E-state index is 0.0561. The van der Waals surface area contributed by atoms with Gasteiger partial charge in [0.2, 0.25) is 0 Å². The molecule has 2 fully saturated rings. The number of carbonyl (C=O) groups is 1. The number of carbonyl (C=O) groups excluding carboxylic acids is 1. The summed E-state index contributed by atoms with van der Waals surface area (Å²) in [5, 5.41) is 10.4. The quantitative estimate of drug-likeness (QED) is 0.925. The number of nitrogens with zero attached hydrogens (tertiary/aromatic N) is 3. The molecule has 2 aliphatic rings. The van der Waals surface area contributed by atoms with Crippen LogP contribution in [-0.2, 0) is 0 Å². The largest absolute Gasteiger partial charge is 0.322 e. The number of urea groups is 1. The van der Waals surface area contributed by atoms with Crippen LogP contribution in [0.15, 0.2) is 48.8 Å². The normalized spacial score (nSPS) is 21.8. The Morgan fingerprint density at radius 3 is 2.64 bits per heavy atom. The highest BCUT2D eigenvalue weighted by molar-refractivity contribution is 5.90. The Morgan fingerprint density at radius 1 is 1.18 bits per heavy atom. The predicted octanol–water partition coefficient (Wildman–Crippen LogP) is 3.24. The lowest BCUT2D eigenvalue weighted by Gasteiger charge is -2.62. The molecule has 112 valence electrons. The molecule has 22 heavy (non-hydrogen) atoms. The van der Waals surface area contributed by atoms with Crippen LogP contribution in [0.2, 0.25) is 0 Å². The van der Waals surface area contributed by atoms with Gasteiger partial charge in [-0.15, -0.1) is 0 Å². The zero-order valence-corrected chi connectivity index (χ0v) is 12.3. The van der Waals surface area contributed by atoms with E-state index >= 15 is 0 Å². The van der Waals surface area contributed by atoms with E-state index in [1.54, 1.807) is 18.5 Å². The van der Waals surface area contributed by atoms with E-state index in [1.165, 1.54) is 24.8 Å². The van der Waals surface area contributed by atoms with Gasteiger partial charge in [0, 0.05) is 12.0 Å². The molecule has 2 heterocycles. The van der Waals surface area contributed by atoms with Gasteiger partial charge in [0.05, 0.1) is 24.1 Å². The standard InChI is InChI=1S/C17H18N4O/c22-16(20-14-7-10-18-19-11-14)21-12-17(8-4-9-17)15(21)13-5-2-1-3-6-13/h1-3,5-7,10-11,15H,4,8-9,12H2,(H,18,20,22). The van der Waals surface area contributed by atoms with Crippen molar-refractivity contribution >= 4 is 11.7 Å². The van der Waals surface area contributed by atoms with Gasteiger partial charge in [-0.05, 0) is 24.5 Å². The average Bonchev–Trinajstić information content (AvgIpc) is 2.47. The van der Waals surface area contributed by atoms with Crippen molar-refractivity contribution in [2.45, 2.75) is 25.3 Å². The Hall–Kier alpha value is -2.43. The maximum atomic E-state index is 12.6. The second-order valence-electron chi connectivity index (χ2n) is 6.22. The summed E-state index contributed by atoms with van der Waals surface area (Å²) >= 11 is 0. The summed E-state index contributed by atoms with van der Waals surface area (Å²) in [7, 11) is 0. The van der Waals surface area contributed by atoms with Crippen LogP contribution >= 0.6 is 0 Å². The van der Waals surface area contributed by atoms with E-state index in [0.29, 0.717) is 11.1 Å². The highest BCUT2D eigenvalue weighted by Crippen LogP contribution is 2.60. The van der Waals surface area contributed by atoms with E-state index in [-0.39, 0.29) is 12.1 Å². The molecular formula is C17H18N4O. The number of likely N-dealkylation sites (tertiary alicyclic amines) is 1. The van der Waals surface area contributed by atoms with Crippen molar-refractivity contribution in [2.24, 2.45) is 5.41 Å². The van der Waals surface area contributed by atoms with Gasteiger partial charge < -0.3 is 10.2 Å². The molecule has 1 unspecified atom stereocenters. The molecule has 4 rings (SSSR count). The lowest BCUT2D eigenvalue weighted by molar-refractivity contribution is -0.0970. The molecule has 1 saturated heterocycles. The van der Waals surface area contributed by atoms with E-state index in [2.05, 4.69) is 27.6 Å². The summed E-state index contributed by atoms with van der Waals surface area (Å²) < 4.78 is 0. The Kier molecular flexibility index (Phi) is 3.06. The molecule has 1 spiro atoms. The van der Waals surface area contributed by atoms with Gasteiger partial charge in [0.25, 0.3) is 0 Å². The first-order chi connectivity index (χ1) is 10.8. The zero-order chi connectivity index (χ0) is 15.0. The minimum atomic E-state index is -0.0561. The minimum Gasteiger partial charge on any atom is -0.316 e. The SMILES string of the molecule is O=C(Nc1ccnnc1)N1CC2(CCC2)C1c1ccccc1. The van der Waals surface area contributed by atoms with E-state index < -0.39 is 0 Å². The van der Waals surface area contributed by atoms with Gasteiger partial charge in [-0.1, -0.05) is 36.8 Å². The Balaban J connectivity index is 1.55. The molecule has 5 heteroatoms. The van der Waals surface area contributed by atoms with Gasteiger partial charge >= 0.3 is 6.03 Å². The van der Waals surface area contributed by atoms with Crippen molar-refractivity contribution in [2.75, 3.05) is 11.9 Å². The van der Waals surface area contributed by atoms with Crippen LogP contribution in [0.5, 0.6) is 0 Å². The first kappa shape index (κ1) is 13.2. The number of hydrogen-bond acceptors (Lipinski definition) is 3. The molecule has 0 bridgehead atoms. The summed E-state index contributed by atoms with van der Waals surface area (Å²) in [4.78, 5) is 14.5. The second kappa shape index (κ2) is 5.09. The van der Waals surface area contributed by atoms with Gasteiger partial charge in [0.1, 0.15) is 0 Å². The highest BCUT2D eigenvalue weighted by Gasteiger charge is 2.57. The number of nitrogens with one attached hydrogen (secondary N) is 1. The summed E-state index contributed by atoms with van der Waals surface area (Å²) in [6, 6.07) is 12.2. The van der Waals surface area contributed by atoms with Crippen molar-refractivity contribution in [1.29, 1.82) is 0 Å². The predicted molar refractivity (Wildman–Crippen MR) is 83.2 cm³/mol. The zero-order valence-electron chi connectivity index (χ0n) is 12.3. The van der Waals surface area contributed by atoms with Crippen molar-refractivity contribution in [3.8, 4) is 0 Å². The van der Waals surface area contributed by atoms with Crippen molar-refractivity contribution in [3.63, 3.8) is 0 Å². The maximum Gasteiger partial charge on any atom is 0.322 e. The Morgan fingerprint density at radius 2 is 2.00 bits per heavy atom. The molecule has 1 N–H and O–H groups in total. The lowest BCUT2D eigenvalue weighted by Crippen LogP contribution is -2.64. The number of anilines is 1. The topological polar surface area (TPSA) is 58.1 Å². The molecule has 5 nitrogen and oxygen atoms in total. The van der Waals surface area contributed by atoms with E-state index in [0.717, 1.165) is 6.54 Å². The first-order valence-corrected chi connectivity index (χ1v) is 7.68. The third kappa shape index (κ3) is 2.04. The molecule has 1 saturated carbocycles. The number of amides is 2. The second-order valence-corrected chi connectivity index (χ2v) is 6.22. The molecule has 1 aromatic heterocycles. The summed E-state index contributed by atoms with van der Waals surface area (Å²) in [5.74, 6) is 0. The molecule has 1 aliphatic carbocycles. The van der Waals surface area contributed by atoms with Crippen LogP contribution in [0.1, 0.15) is 30.9 Å². The fourth-order valence-electron chi connectivity index (χ4n) is 3.72. The fourth-order valence-corrected chi connectivity index (χ4v) is 3.72. The van der Waals surface area contributed by atoms with Crippen LogP contribution in [0.4, 0.5) is 10.5 Å². The number of hydrogen-bond donors (Lipinski definition) is 1. The third-order valence-corrected chi connectivity index (χ3v) is 4.94. The number of aromatic nitrogens is 2. The van der Waals surface area contributed by atoms with Crippen molar-refractivity contribution in [3.05, 3.63) is 54.4 Å². The third-order valence-electron chi connectivity index (χ3n) is 4.94. The van der Waals surface area contributed by atoms with Crippen molar-refractivity contribution in [1.82, 2.24) is 15.1 Å². The fraction of sp³-hybridized carbons (Fsp3) is 0.353. The molecule has 0 radical (unpaired) electrons. The lowest BCUT2D eigenvalue weighted by atomic mass is 9.56. The molecule has 2 amide bonds. The smallest absolute Gasteiger partial charge is 0.316 e. The maximum absolute atomic E-state index is 12.6. The first-order valence-electron chi connectivity index (χ1n) is 7.68. The average molecular weight is 294 g/mol. The van der Waals surface area contributed by atoms with Crippen LogP contribution in [0.25, 0.3) is 0 Å². The molecular weight excluding hydrogens is 276 g/mol. The van der Waals surface area contributed by atoms with Gasteiger partial charge in [-0.25, -0.2) is 4.79 Å². The molecule has 1 aliphatic heterocycles. The molecule has 1 aromatic carbocycles. The van der Waals surface area contributed by atoms with E-state index in [4.69, 9.17) is 0 Å². The number of benzene rings is 1. The highest BCUT2D eigenvalue weighted by atomic mass is 16.2. The van der Waals surface area contributed by atoms with Crippen LogP contribution in [-0.4, -0.2) is 27.7 Å².